The number of hydrogen-bond acceptors (Lipinski definition) is 5. The minimum absolute atomic E-state index is 0. The Morgan fingerprint density at radius 2 is 1.45 bits per heavy atom. The van der Waals surface area contributed by atoms with E-state index in [2.05, 4.69) is 4.72 Å². The predicted octanol–water partition coefficient (Wildman–Crippen LogP) is 5.24. The van der Waals surface area contributed by atoms with Crippen LogP contribution >= 0.6 is 23.2 Å². The fourth-order valence-electron chi connectivity index (χ4n) is 3.56. The maximum absolute atomic E-state index is 13.1. The number of amides is 1. The number of hydrogen-bond donors (Lipinski definition) is 0. The second-order valence-electron chi connectivity index (χ2n) is 7.89. The van der Waals surface area contributed by atoms with Crippen LogP contribution in [0.1, 0.15) is 10.6 Å². The Hall–Kier alpha value is -2.85. The number of furan rings is 1. The first-order chi connectivity index (χ1) is 17.7. The average molecular weight is 578 g/mol. The van der Waals surface area contributed by atoms with Crippen LogP contribution in [0.4, 0.5) is 4.39 Å². The Bertz CT molecular complexity index is 1740. The molecule has 0 unspecified atom stereocenters. The summed E-state index contributed by atoms with van der Waals surface area (Å²) < 4.78 is 53.0. The molecule has 11 heteroatoms. The molecule has 6 nitrogen and oxygen atoms in total. The van der Waals surface area contributed by atoms with Gasteiger partial charge in [-0.1, -0.05) is 47.5 Å². The minimum Gasteiger partial charge on any atom is -0.535 e. The number of nitrogens with zero attached hydrogens (tertiary/aromatic N) is 1. The Morgan fingerprint density at radius 3 is 2.11 bits per heavy atom. The summed E-state index contributed by atoms with van der Waals surface area (Å²) in [6.07, 6.45) is 0. The molecule has 0 bridgehead atoms. The number of carbonyl (C=O) groups excluding carboxylic acids is 1. The second kappa shape index (κ2) is 11.5. The Kier molecular flexibility index (Phi) is 8.52. The quantitative estimate of drug-likeness (QED) is 0.257. The molecule has 0 atom stereocenters. The van der Waals surface area contributed by atoms with Crippen molar-refractivity contribution in [3.8, 4) is 22.6 Å². The molecule has 38 heavy (non-hydrogen) atoms. The topological polar surface area (TPSA) is 87.7 Å². The van der Waals surface area contributed by atoms with Crippen LogP contribution in [0.25, 0.3) is 26.8 Å². The SMILES string of the molecule is O=C([N-]S(=O)(=O)c1ccc(Cl)cc1Cl)c1cc2ccc(Oc3ccc(-c4ccc(F)cc4)cc3)cc2o1.[Na+]. The predicted molar refractivity (Wildman–Crippen MR) is 139 cm³/mol. The van der Waals surface area contributed by atoms with Crippen LogP contribution in [-0.4, -0.2) is 14.3 Å². The summed E-state index contributed by atoms with van der Waals surface area (Å²) in [6, 6.07) is 23.5. The monoisotopic (exact) mass is 577 g/mol. The summed E-state index contributed by atoms with van der Waals surface area (Å²) in [5.74, 6) is -0.657. The third kappa shape index (κ3) is 6.23. The van der Waals surface area contributed by atoms with E-state index in [0.717, 1.165) is 11.1 Å². The van der Waals surface area contributed by atoms with E-state index in [4.69, 9.17) is 32.4 Å². The van der Waals surface area contributed by atoms with Gasteiger partial charge in [0.1, 0.15) is 38.8 Å². The van der Waals surface area contributed by atoms with Crippen LogP contribution < -0.4 is 34.3 Å². The molecule has 186 valence electrons. The van der Waals surface area contributed by atoms with E-state index in [-0.39, 0.29) is 56.1 Å². The van der Waals surface area contributed by atoms with Gasteiger partial charge in [0.15, 0.2) is 5.76 Å². The van der Waals surface area contributed by atoms with E-state index in [1.807, 2.05) is 12.1 Å². The van der Waals surface area contributed by atoms with Crippen LogP contribution in [-0.2, 0) is 10.0 Å². The van der Waals surface area contributed by atoms with E-state index in [1.54, 1.807) is 42.5 Å². The number of sulfonamides is 1. The molecule has 1 aromatic heterocycles. The van der Waals surface area contributed by atoms with Gasteiger partial charge in [-0.25, -0.2) is 12.8 Å². The van der Waals surface area contributed by atoms with Gasteiger partial charge in [0.2, 0.25) is 0 Å². The zero-order chi connectivity index (χ0) is 26.2. The van der Waals surface area contributed by atoms with Crippen LogP contribution in [0.3, 0.4) is 0 Å². The maximum Gasteiger partial charge on any atom is 1.00 e. The summed E-state index contributed by atoms with van der Waals surface area (Å²) in [6.45, 7) is 0. The van der Waals surface area contributed by atoms with Crippen molar-refractivity contribution in [2.75, 3.05) is 0 Å². The first-order valence-electron chi connectivity index (χ1n) is 10.7. The first-order valence-corrected chi connectivity index (χ1v) is 12.9. The zero-order valence-corrected chi connectivity index (χ0v) is 24.0. The van der Waals surface area contributed by atoms with Crippen molar-refractivity contribution >= 4 is 50.1 Å². The van der Waals surface area contributed by atoms with Crippen LogP contribution in [0.15, 0.2) is 100 Å². The molecule has 0 N–H and O–H groups in total. The van der Waals surface area contributed by atoms with Crippen molar-refractivity contribution in [1.29, 1.82) is 0 Å². The molecule has 0 aliphatic rings. The van der Waals surface area contributed by atoms with E-state index in [9.17, 15) is 17.6 Å². The first kappa shape index (κ1) is 28.2. The van der Waals surface area contributed by atoms with Crippen LogP contribution in [0, 0.1) is 5.82 Å². The maximum atomic E-state index is 13.1. The van der Waals surface area contributed by atoms with Gasteiger partial charge >= 0.3 is 29.6 Å². The molecule has 0 aliphatic carbocycles. The van der Waals surface area contributed by atoms with Gasteiger partial charge in [0, 0.05) is 16.5 Å². The van der Waals surface area contributed by atoms with Crippen molar-refractivity contribution in [1.82, 2.24) is 0 Å². The van der Waals surface area contributed by atoms with E-state index < -0.39 is 15.9 Å². The zero-order valence-electron chi connectivity index (χ0n) is 19.7. The molecule has 5 rings (SSSR count). The fraction of sp³-hybridized carbons (Fsp3) is 0. The van der Waals surface area contributed by atoms with Gasteiger partial charge in [-0.05, 0) is 71.8 Å². The molecule has 5 aromatic rings. The molecule has 0 radical (unpaired) electrons. The number of fused-ring (bicyclic) bond motifs is 1. The summed E-state index contributed by atoms with van der Waals surface area (Å²) in [5, 5.41) is 0.648. The van der Waals surface area contributed by atoms with Crippen molar-refractivity contribution in [2.45, 2.75) is 4.90 Å². The molecule has 0 saturated heterocycles. The average Bonchev–Trinajstić information content (AvgIpc) is 3.28. The molecule has 4 aromatic carbocycles. The standard InChI is InChI=1S/C27H16Cl2FNO5S.Na/c28-19-6-12-26(23(29)14-19)37(33,34)31-27(32)25-13-18-5-11-22(15-24(18)36-25)35-21-9-3-17(4-10-21)16-1-7-20(30)8-2-16;/h1-15H,(H,31,32);/q;+1/p-1. The summed E-state index contributed by atoms with van der Waals surface area (Å²) in [4.78, 5) is 12.2. The third-order valence-corrected chi connectivity index (χ3v) is 7.32. The third-order valence-electron chi connectivity index (χ3n) is 5.34. The largest absolute Gasteiger partial charge is 1.00 e. The van der Waals surface area contributed by atoms with Gasteiger partial charge in [0.25, 0.3) is 0 Å². The van der Waals surface area contributed by atoms with Gasteiger partial charge in [-0.2, -0.15) is 0 Å². The molecular weight excluding hydrogens is 563 g/mol. The Labute approximate surface area is 249 Å². The molecule has 0 spiro atoms. The van der Waals surface area contributed by atoms with E-state index >= 15 is 0 Å². The molecular formula is C27H15Cl2FNNaO5S. The fourth-order valence-corrected chi connectivity index (χ4v) is 5.21. The van der Waals surface area contributed by atoms with Crippen molar-refractivity contribution in [2.24, 2.45) is 0 Å². The van der Waals surface area contributed by atoms with Crippen molar-refractivity contribution in [3.63, 3.8) is 0 Å². The van der Waals surface area contributed by atoms with Gasteiger partial charge in [-0.15, -0.1) is 0 Å². The number of carbonyl (C=O) groups is 1. The van der Waals surface area contributed by atoms with Gasteiger partial charge in [0.05, 0.1) is 9.92 Å². The van der Waals surface area contributed by atoms with Crippen LogP contribution in [0.5, 0.6) is 11.5 Å². The summed E-state index contributed by atoms with van der Waals surface area (Å²) in [7, 11) is -4.39. The molecule has 1 amide bonds. The van der Waals surface area contributed by atoms with E-state index in [0.29, 0.717) is 22.5 Å². The summed E-state index contributed by atoms with van der Waals surface area (Å²) in [5.41, 5.74) is 2.07. The number of halogens is 3. The number of ether oxygens (including phenoxy) is 1. The minimum atomic E-state index is -4.39. The number of rotatable bonds is 6. The number of benzene rings is 4. The smallest absolute Gasteiger partial charge is 0.535 e. The van der Waals surface area contributed by atoms with Gasteiger partial charge in [-0.3, -0.25) is 0 Å². The van der Waals surface area contributed by atoms with E-state index in [1.165, 1.54) is 36.4 Å². The Morgan fingerprint density at radius 1 is 0.816 bits per heavy atom. The normalized spacial score (nSPS) is 11.1. The van der Waals surface area contributed by atoms with Crippen LogP contribution in [0.2, 0.25) is 10.0 Å². The molecule has 0 saturated carbocycles. The second-order valence-corrected chi connectivity index (χ2v) is 10.3. The summed E-state index contributed by atoms with van der Waals surface area (Å²) >= 11 is 11.8. The van der Waals surface area contributed by atoms with Crippen molar-refractivity contribution in [3.05, 3.63) is 117 Å². The molecule has 1 heterocycles. The Balaban J connectivity index is 0.00000336. The van der Waals surface area contributed by atoms with Crippen molar-refractivity contribution < 1.29 is 56.3 Å². The van der Waals surface area contributed by atoms with Gasteiger partial charge < -0.3 is 18.7 Å². The molecule has 0 aliphatic heterocycles. The molecule has 0 fully saturated rings.